The minimum absolute atomic E-state index is 0.00345. The first kappa shape index (κ1) is 18.0. The number of hydrogen-bond donors (Lipinski definition) is 2. The zero-order chi connectivity index (χ0) is 19.7. The number of halogens is 2. The molecule has 5 nitrogen and oxygen atoms in total. The predicted molar refractivity (Wildman–Crippen MR) is 107 cm³/mol. The minimum atomic E-state index is -1.11. The maximum atomic E-state index is 13.4. The first-order chi connectivity index (χ1) is 13.5. The summed E-state index contributed by atoms with van der Waals surface area (Å²) in [6.07, 6.45) is 3.33. The Morgan fingerprint density at radius 1 is 1.18 bits per heavy atom. The number of aromatic nitrogens is 2. The second-order valence-corrected chi connectivity index (χ2v) is 6.76. The van der Waals surface area contributed by atoms with Crippen molar-refractivity contribution in [2.24, 2.45) is 0 Å². The highest BCUT2D eigenvalue weighted by Gasteiger charge is 2.13. The molecule has 0 unspecified atom stereocenters. The van der Waals surface area contributed by atoms with Crippen molar-refractivity contribution in [1.82, 2.24) is 9.55 Å². The molecule has 0 spiro atoms. The van der Waals surface area contributed by atoms with Gasteiger partial charge in [0.15, 0.2) is 0 Å². The number of hydrogen-bond acceptors (Lipinski definition) is 3. The molecule has 0 bridgehead atoms. The number of carbonyl (C=O) groups is 1. The summed E-state index contributed by atoms with van der Waals surface area (Å²) < 4.78 is 15.4. The fraction of sp³-hybridized carbons (Fsp3) is 0.0476. The van der Waals surface area contributed by atoms with Crippen LogP contribution in [0.15, 0.2) is 67.0 Å². The van der Waals surface area contributed by atoms with Crippen LogP contribution in [0.4, 0.5) is 15.9 Å². The lowest BCUT2D eigenvalue weighted by molar-refractivity contribution is 0.0697. The van der Waals surface area contributed by atoms with Gasteiger partial charge in [-0.25, -0.2) is 14.2 Å². The summed E-state index contributed by atoms with van der Waals surface area (Å²) in [5.74, 6) is -1.15. The summed E-state index contributed by atoms with van der Waals surface area (Å²) in [6, 6.07) is 15.5. The van der Waals surface area contributed by atoms with Crippen molar-refractivity contribution in [3.63, 3.8) is 0 Å². The molecule has 0 aliphatic heterocycles. The molecule has 0 fully saturated rings. The number of carboxylic acids is 1. The number of benzene rings is 2. The Morgan fingerprint density at radius 3 is 2.82 bits per heavy atom. The van der Waals surface area contributed by atoms with Gasteiger partial charge in [0, 0.05) is 35.5 Å². The van der Waals surface area contributed by atoms with Gasteiger partial charge in [-0.3, -0.25) is 0 Å². The number of anilines is 2. The molecule has 0 saturated heterocycles. The van der Waals surface area contributed by atoms with Crippen LogP contribution in [-0.4, -0.2) is 20.6 Å². The highest BCUT2D eigenvalue weighted by Crippen LogP contribution is 2.26. The molecule has 28 heavy (non-hydrogen) atoms. The van der Waals surface area contributed by atoms with Crippen LogP contribution in [0.5, 0.6) is 0 Å². The molecule has 4 rings (SSSR count). The molecule has 4 aromatic rings. The number of rotatable bonds is 5. The van der Waals surface area contributed by atoms with Crippen molar-refractivity contribution in [3.8, 4) is 0 Å². The minimum Gasteiger partial charge on any atom is -0.478 e. The van der Waals surface area contributed by atoms with Gasteiger partial charge in [0.1, 0.15) is 17.2 Å². The van der Waals surface area contributed by atoms with Crippen LogP contribution in [0.2, 0.25) is 5.02 Å². The van der Waals surface area contributed by atoms with E-state index in [1.807, 2.05) is 41.1 Å². The topological polar surface area (TPSA) is 67.2 Å². The molecule has 2 aromatic heterocycles. The predicted octanol–water partition coefficient (Wildman–Crippen LogP) is 5.32. The third-order valence-electron chi connectivity index (χ3n) is 4.36. The number of nitrogens with one attached hydrogen (secondary N) is 1. The van der Waals surface area contributed by atoms with Crippen molar-refractivity contribution < 1.29 is 14.3 Å². The van der Waals surface area contributed by atoms with Crippen LogP contribution in [0.3, 0.4) is 0 Å². The lowest BCUT2D eigenvalue weighted by Crippen LogP contribution is -2.05. The van der Waals surface area contributed by atoms with Crippen LogP contribution in [0, 0.1) is 5.82 Å². The van der Waals surface area contributed by atoms with Gasteiger partial charge in [-0.05, 0) is 48.0 Å². The summed E-state index contributed by atoms with van der Waals surface area (Å²) in [5, 5.41) is 13.6. The number of fused-ring (bicyclic) bond motifs is 1. The van der Waals surface area contributed by atoms with Gasteiger partial charge >= 0.3 is 5.97 Å². The molecule has 0 radical (unpaired) electrons. The maximum Gasteiger partial charge on any atom is 0.339 e. The van der Waals surface area contributed by atoms with Gasteiger partial charge in [-0.2, -0.15) is 0 Å². The van der Waals surface area contributed by atoms with Gasteiger partial charge < -0.3 is 15.0 Å². The summed E-state index contributed by atoms with van der Waals surface area (Å²) in [6.45, 7) is 0.552. The second-order valence-electron chi connectivity index (χ2n) is 6.33. The quantitative estimate of drug-likeness (QED) is 0.480. The molecule has 0 amide bonds. The lowest BCUT2D eigenvalue weighted by Gasteiger charge is -2.10. The van der Waals surface area contributed by atoms with Crippen LogP contribution < -0.4 is 5.32 Å². The largest absolute Gasteiger partial charge is 0.478 e. The first-order valence-electron chi connectivity index (χ1n) is 8.49. The Bertz CT molecular complexity index is 1190. The van der Waals surface area contributed by atoms with E-state index in [1.165, 1.54) is 24.4 Å². The highest BCUT2D eigenvalue weighted by molar-refractivity contribution is 6.30. The molecular formula is C21H15ClFN3O2. The Labute approximate surface area is 165 Å². The van der Waals surface area contributed by atoms with E-state index in [0.29, 0.717) is 12.2 Å². The summed E-state index contributed by atoms with van der Waals surface area (Å²) in [4.78, 5) is 15.5. The van der Waals surface area contributed by atoms with Crippen molar-refractivity contribution >= 4 is 40.0 Å². The number of aromatic carboxylic acids is 1. The monoisotopic (exact) mass is 395 g/mol. The third-order valence-corrected chi connectivity index (χ3v) is 4.57. The summed E-state index contributed by atoms with van der Waals surface area (Å²) >= 11 is 5.84. The summed E-state index contributed by atoms with van der Waals surface area (Å²) in [7, 11) is 0. The fourth-order valence-electron chi connectivity index (χ4n) is 3.09. The zero-order valence-electron chi connectivity index (χ0n) is 14.6. The summed E-state index contributed by atoms with van der Waals surface area (Å²) in [5.41, 5.74) is 2.55. The van der Waals surface area contributed by atoms with E-state index in [0.717, 1.165) is 16.5 Å². The Kier molecular flexibility index (Phi) is 4.71. The smallest absolute Gasteiger partial charge is 0.339 e. The SMILES string of the molecule is O=C(O)c1cc(Cl)cnc1Nc1ccc2c(ccn2Cc2cccc(F)c2)c1. The molecule has 2 aromatic carbocycles. The molecule has 0 saturated carbocycles. The van der Waals surface area contributed by atoms with Crippen molar-refractivity contribution in [2.45, 2.75) is 6.54 Å². The van der Waals surface area contributed by atoms with E-state index < -0.39 is 5.97 Å². The lowest BCUT2D eigenvalue weighted by atomic mass is 10.2. The average molecular weight is 396 g/mol. The van der Waals surface area contributed by atoms with Crippen LogP contribution in [0.25, 0.3) is 10.9 Å². The van der Waals surface area contributed by atoms with E-state index in [2.05, 4.69) is 10.3 Å². The molecule has 0 aliphatic carbocycles. The van der Waals surface area contributed by atoms with E-state index in [1.54, 1.807) is 6.07 Å². The third kappa shape index (κ3) is 3.68. The van der Waals surface area contributed by atoms with Crippen molar-refractivity contribution in [2.75, 3.05) is 5.32 Å². The van der Waals surface area contributed by atoms with Crippen molar-refractivity contribution in [3.05, 3.63) is 89.0 Å². The van der Waals surface area contributed by atoms with E-state index in [4.69, 9.17) is 11.6 Å². The first-order valence-corrected chi connectivity index (χ1v) is 8.86. The molecule has 2 heterocycles. The molecule has 140 valence electrons. The van der Waals surface area contributed by atoms with Gasteiger partial charge in [0.25, 0.3) is 0 Å². The average Bonchev–Trinajstić information content (AvgIpc) is 3.05. The number of pyridine rings is 1. The highest BCUT2D eigenvalue weighted by atomic mass is 35.5. The van der Waals surface area contributed by atoms with Gasteiger partial charge in [0.2, 0.25) is 0 Å². The maximum absolute atomic E-state index is 13.4. The zero-order valence-corrected chi connectivity index (χ0v) is 15.3. The van der Waals surface area contributed by atoms with E-state index in [9.17, 15) is 14.3 Å². The Hall–Kier alpha value is -3.38. The van der Waals surface area contributed by atoms with E-state index in [-0.39, 0.29) is 22.2 Å². The van der Waals surface area contributed by atoms with Gasteiger partial charge in [-0.1, -0.05) is 23.7 Å². The van der Waals surface area contributed by atoms with Crippen LogP contribution in [-0.2, 0) is 6.54 Å². The Morgan fingerprint density at radius 2 is 2.04 bits per heavy atom. The molecule has 2 N–H and O–H groups in total. The van der Waals surface area contributed by atoms with Crippen molar-refractivity contribution in [1.29, 1.82) is 0 Å². The van der Waals surface area contributed by atoms with Crippen LogP contribution in [0.1, 0.15) is 15.9 Å². The normalized spacial score (nSPS) is 10.9. The molecule has 7 heteroatoms. The molecule has 0 atom stereocenters. The van der Waals surface area contributed by atoms with Crippen LogP contribution >= 0.6 is 11.6 Å². The second kappa shape index (κ2) is 7.32. The van der Waals surface area contributed by atoms with Gasteiger partial charge in [0.05, 0.1) is 5.02 Å². The van der Waals surface area contributed by atoms with Gasteiger partial charge in [-0.15, -0.1) is 0 Å². The fourth-order valence-corrected chi connectivity index (χ4v) is 3.24. The molecular weight excluding hydrogens is 381 g/mol. The Balaban J connectivity index is 1.62. The molecule has 0 aliphatic rings. The number of carboxylic acid groups (broad SMARTS) is 1. The van der Waals surface area contributed by atoms with E-state index >= 15 is 0 Å². The standard InChI is InChI=1S/C21H15ClFN3O2/c22-15-10-18(21(27)28)20(24-11-15)25-17-4-5-19-14(9-17)6-7-26(19)12-13-2-1-3-16(23)8-13/h1-11H,12H2,(H,24,25)(H,27,28). The number of nitrogens with zero attached hydrogens (tertiary/aromatic N) is 2.